The second-order valence-electron chi connectivity index (χ2n) is 17.7. The van der Waals surface area contributed by atoms with Crippen LogP contribution in [-0.4, -0.2) is 86.6 Å². The van der Waals surface area contributed by atoms with Crippen molar-refractivity contribution in [2.75, 3.05) is 13.2 Å². The molecule has 6 N–H and O–H groups in total. The number of aliphatic hydroxyl groups excluding tert-OH is 5. The van der Waals surface area contributed by atoms with E-state index in [0.29, 0.717) is 12.3 Å². The Morgan fingerprint density at radius 2 is 1.58 bits per heavy atom. The van der Waals surface area contributed by atoms with Gasteiger partial charge in [0.25, 0.3) is 0 Å². The second-order valence-corrected chi connectivity index (χ2v) is 17.7. The molecule has 14 unspecified atom stereocenters. The number of rotatable bonds is 5. The third kappa shape index (κ3) is 4.61. The van der Waals surface area contributed by atoms with E-state index in [1.54, 1.807) is 0 Å². The average Bonchev–Trinajstić information content (AvgIpc) is 2.98. The van der Waals surface area contributed by atoms with E-state index >= 15 is 0 Å². The van der Waals surface area contributed by atoms with E-state index in [0.717, 1.165) is 57.8 Å². The molecule has 9 nitrogen and oxygen atoms in total. The van der Waals surface area contributed by atoms with Crippen molar-refractivity contribution >= 4 is 5.97 Å². The molecule has 1 aliphatic heterocycles. The number of allylic oxidation sites excluding steroid dienone is 2. The molecule has 6 aliphatic rings. The van der Waals surface area contributed by atoms with E-state index in [9.17, 15) is 35.4 Å². The molecule has 6 rings (SSSR count). The first-order valence-electron chi connectivity index (χ1n) is 17.4. The van der Waals surface area contributed by atoms with Crippen LogP contribution in [0.5, 0.6) is 0 Å². The molecule has 1 heterocycles. The predicted octanol–water partition coefficient (Wildman–Crippen LogP) is 4.03. The lowest BCUT2D eigenvalue weighted by Gasteiger charge is -2.71. The monoisotopic (exact) mass is 634 g/mol. The van der Waals surface area contributed by atoms with Gasteiger partial charge < -0.3 is 40.1 Å². The third-order valence-corrected chi connectivity index (χ3v) is 15.3. The van der Waals surface area contributed by atoms with E-state index < -0.39 is 60.2 Å². The maximum absolute atomic E-state index is 12.9. The van der Waals surface area contributed by atoms with Gasteiger partial charge in [0.05, 0.1) is 24.7 Å². The molecular weight excluding hydrogens is 576 g/mol. The van der Waals surface area contributed by atoms with Crippen molar-refractivity contribution in [1.29, 1.82) is 0 Å². The SMILES string of the molecule is CC1(C)CCC2(C(=O)O)CCC3(C)C(=CCC4C5(C)CCC(OC6OC(CO)C(O)C(O)C6O)C(C)(CO)C5CCC43C)C2C1. The minimum absolute atomic E-state index is 0.0179. The van der Waals surface area contributed by atoms with Gasteiger partial charge in [-0.1, -0.05) is 53.2 Å². The molecule has 256 valence electrons. The van der Waals surface area contributed by atoms with Gasteiger partial charge in [0.1, 0.15) is 24.4 Å². The van der Waals surface area contributed by atoms with E-state index in [-0.39, 0.29) is 40.1 Å². The molecular formula is C36H58O9. The normalized spacial score (nSPS) is 54.1. The van der Waals surface area contributed by atoms with E-state index in [2.05, 4.69) is 47.6 Å². The Morgan fingerprint density at radius 3 is 2.22 bits per heavy atom. The molecule has 0 bridgehead atoms. The Bertz CT molecular complexity index is 1200. The number of carbonyl (C=O) groups is 1. The number of ether oxygens (including phenoxy) is 2. The van der Waals surface area contributed by atoms with Crippen molar-refractivity contribution in [3.63, 3.8) is 0 Å². The Hall–Kier alpha value is -1.07. The molecule has 5 aliphatic carbocycles. The molecule has 0 aromatic heterocycles. The quantitative estimate of drug-likeness (QED) is 0.194. The van der Waals surface area contributed by atoms with Crippen molar-refractivity contribution in [3.05, 3.63) is 11.6 Å². The highest BCUT2D eigenvalue weighted by atomic mass is 16.7. The average molecular weight is 635 g/mol. The third-order valence-electron chi connectivity index (χ3n) is 15.3. The molecule has 14 atom stereocenters. The zero-order valence-electron chi connectivity index (χ0n) is 28.2. The number of aliphatic carboxylic acids is 1. The summed E-state index contributed by atoms with van der Waals surface area (Å²) < 4.78 is 12.1. The van der Waals surface area contributed by atoms with Crippen LogP contribution >= 0.6 is 0 Å². The Balaban J connectivity index is 1.31. The minimum Gasteiger partial charge on any atom is -0.481 e. The maximum atomic E-state index is 12.9. The van der Waals surface area contributed by atoms with Crippen molar-refractivity contribution < 1.29 is 44.9 Å². The molecule has 1 saturated heterocycles. The first-order chi connectivity index (χ1) is 20.9. The van der Waals surface area contributed by atoms with Crippen LogP contribution < -0.4 is 0 Å². The highest BCUT2D eigenvalue weighted by Crippen LogP contribution is 2.76. The van der Waals surface area contributed by atoms with Gasteiger partial charge >= 0.3 is 5.97 Å². The fourth-order valence-corrected chi connectivity index (χ4v) is 12.2. The summed E-state index contributed by atoms with van der Waals surface area (Å²) in [6.45, 7) is 13.3. The predicted molar refractivity (Wildman–Crippen MR) is 167 cm³/mol. The summed E-state index contributed by atoms with van der Waals surface area (Å²) in [5.41, 5.74) is -0.00794. The van der Waals surface area contributed by atoms with E-state index in [1.807, 2.05) is 0 Å². The lowest BCUT2D eigenvalue weighted by molar-refractivity contribution is -0.333. The number of carboxylic acid groups (broad SMARTS) is 1. The Labute approximate surface area is 268 Å². The molecule has 0 aromatic carbocycles. The van der Waals surface area contributed by atoms with Crippen LogP contribution in [0.4, 0.5) is 0 Å². The number of hydrogen-bond acceptors (Lipinski definition) is 8. The van der Waals surface area contributed by atoms with Crippen LogP contribution in [0.3, 0.4) is 0 Å². The summed E-state index contributed by atoms with van der Waals surface area (Å²) >= 11 is 0. The van der Waals surface area contributed by atoms with Crippen LogP contribution in [0.2, 0.25) is 0 Å². The molecule has 0 amide bonds. The zero-order chi connectivity index (χ0) is 33.0. The number of carboxylic acids is 1. The van der Waals surface area contributed by atoms with Gasteiger partial charge in [0.2, 0.25) is 0 Å². The van der Waals surface area contributed by atoms with Crippen LogP contribution in [0.1, 0.15) is 106 Å². The van der Waals surface area contributed by atoms with Crippen molar-refractivity contribution in [2.24, 2.45) is 50.2 Å². The lowest BCUT2D eigenvalue weighted by Crippen LogP contribution is -2.67. The molecule has 5 fully saturated rings. The lowest BCUT2D eigenvalue weighted by atomic mass is 9.33. The highest BCUT2D eigenvalue weighted by molar-refractivity contribution is 5.76. The first-order valence-corrected chi connectivity index (χ1v) is 17.4. The Kier molecular flexibility index (Phi) is 8.25. The molecule has 0 aromatic rings. The summed E-state index contributed by atoms with van der Waals surface area (Å²) in [7, 11) is 0. The van der Waals surface area contributed by atoms with Crippen molar-refractivity contribution in [3.8, 4) is 0 Å². The number of hydrogen-bond donors (Lipinski definition) is 6. The van der Waals surface area contributed by atoms with Gasteiger partial charge in [-0.3, -0.25) is 4.79 Å². The molecule has 0 radical (unpaired) electrons. The van der Waals surface area contributed by atoms with Gasteiger partial charge in [-0.05, 0) is 104 Å². The van der Waals surface area contributed by atoms with Gasteiger partial charge in [-0.25, -0.2) is 0 Å². The molecule has 0 spiro atoms. The molecule has 4 saturated carbocycles. The second kappa shape index (κ2) is 11.0. The van der Waals surface area contributed by atoms with Crippen LogP contribution in [0.15, 0.2) is 11.6 Å². The van der Waals surface area contributed by atoms with Crippen molar-refractivity contribution in [1.82, 2.24) is 0 Å². The fraction of sp³-hybridized carbons (Fsp3) is 0.917. The Morgan fingerprint density at radius 1 is 0.889 bits per heavy atom. The summed E-state index contributed by atoms with van der Waals surface area (Å²) in [5, 5.41) is 62.7. The van der Waals surface area contributed by atoms with Crippen LogP contribution in [0.25, 0.3) is 0 Å². The molecule has 45 heavy (non-hydrogen) atoms. The van der Waals surface area contributed by atoms with Gasteiger partial charge in [0, 0.05) is 5.41 Å². The topological polar surface area (TPSA) is 157 Å². The van der Waals surface area contributed by atoms with E-state index in [4.69, 9.17) is 9.47 Å². The smallest absolute Gasteiger partial charge is 0.310 e. The van der Waals surface area contributed by atoms with Crippen LogP contribution in [-0.2, 0) is 14.3 Å². The first kappa shape index (κ1) is 33.8. The summed E-state index contributed by atoms with van der Waals surface area (Å²) in [6.07, 6.45) is 3.78. The number of fused-ring (bicyclic) bond motifs is 7. The van der Waals surface area contributed by atoms with Gasteiger partial charge in [-0.2, -0.15) is 0 Å². The number of aliphatic hydroxyl groups is 5. The summed E-state index contributed by atoms with van der Waals surface area (Å²) in [6, 6.07) is 0. The largest absolute Gasteiger partial charge is 0.481 e. The standard InChI is InChI=1S/C36H58O9/c1-31(2)13-15-36(30(42)43)16-14-34(5)20(21(36)17-31)7-8-24-32(3)11-10-25(33(4,19-38)23(32)9-12-35(24,34)6)45-29-28(41)27(40)26(39)22(18-37)44-29/h7,21-29,37-41H,8-19H2,1-6H3,(H,42,43). The van der Waals surface area contributed by atoms with Crippen molar-refractivity contribution in [2.45, 2.75) is 143 Å². The van der Waals surface area contributed by atoms with Gasteiger partial charge in [0.15, 0.2) is 6.29 Å². The maximum Gasteiger partial charge on any atom is 0.310 e. The summed E-state index contributed by atoms with van der Waals surface area (Å²) in [4.78, 5) is 12.9. The van der Waals surface area contributed by atoms with Crippen LogP contribution in [0, 0.1) is 50.2 Å². The fourth-order valence-electron chi connectivity index (χ4n) is 12.2. The molecule has 9 heteroatoms. The highest BCUT2D eigenvalue weighted by Gasteiger charge is 2.70. The zero-order valence-corrected chi connectivity index (χ0v) is 28.2. The van der Waals surface area contributed by atoms with E-state index in [1.165, 1.54) is 5.57 Å². The summed E-state index contributed by atoms with van der Waals surface area (Å²) in [5.74, 6) is -0.0763. The van der Waals surface area contributed by atoms with Gasteiger partial charge in [-0.15, -0.1) is 0 Å². The minimum atomic E-state index is -1.51.